The van der Waals surface area contributed by atoms with E-state index in [2.05, 4.69) is 24.5 Å². The van der Waals surface area contributed by atoms with Crippen molar-refractivity contribution in [2.45, 2.75) is 193 Å². The number of benzene rings is 3. The highest BCUT2D eigenvalue weighted by Gasteiger charge is 2.54. The molecule has 6 aliphatic rings. The fourth-order valence-corrected chi connectivity index (χ4v) is 11.7. The molecule has 0 bridgehead atoms. The van der Waals surface area contributed by atoms with E-state index in [1.807, 2.05) is 80.0 Å². The number of rotatable bonds is 15. The third-order valence-corrected chi connectivity index (χ3v) is 16.0. The number of nitrogens with one attached hydrogen (secondary N) is 2. The maximum Gasteiger partial charge on any atom is 0.407 e. The Kier molecular flexibility index (Phi) is 17.4. The molecule has 3 aromatic rings. The third-order valence-electron chi connectivity index (χ3n) is 16.0. The molecule has 4 aliphatic carbocycles. The van der Waals surface area contributed by atoms with Gasteiger partial charge >= 0.3 is 12.5 Å². The van der Waals surface area contributed by atoms with Crippen LogP contribution in [0.1, 0.15) is 168 Å². The van der Waals surface area contributed by atoms with Crippen LogP contribution in [-0.4, -0.2) is 113 Å². The minimum atomic E-state index is -3.12. The van der Waals surface area contributed by atoms with Gasteiger partial charge in [-0.25, -0.2) is 4.79 Å². The Hall–Kier alpha value is -6.26. The number of carbonyl (C=O) groups is 6. The van der Waals surface area contributed by atoms with Crippen LogP contribution >= 0.6 is 0 Å². The fraction of sp³-hybridized carbons (Fsp3) is 0.586. The van der Waals surface area contributed by atoms with E-state index in [0.717, 1.165) is 80.9 Å². The van der Waals surface area contributed by atoms with E-state index in [9.17, 15) is 37.5 Å². The van der Waals surface area contributed by atoms with Gasteiger partial charge < -0.3 is 44.4 Å². The summed E-state index contributed by atoms with van der Waals surface area (Å²) in [5.41, 5.74) is 2.84. The summed E-state index contributed by atoms with van der Waals surface area (Å²) in [5, 5.41) is 4.94. The second-order valence-electron chi connectivity index (χ2n) is 21.9. The van der Waals surface area contributed by atoms with E-state index in [1.165, 1.54) is 17.7 Å². The number of hydrogen-bond donors (Lipinski definition) is 2. The molecule has 2 N–H and O–H groups in total. The first kappa shape index (κ1) is 55.0. The van der Waals surface area contributed by atoms with Gasteiger partial charge in [-0.05, 0) is 147 Å². The Bertz CT molecular complexity index is 2570. The first-order valence-electron chi connectivity index (χ1n) is 27.4. The Morgan fingerprint density at radius 2 is 1.07 bits per heavy atom. The normalized spacial score (nSPS) is 18.7. The van der Waals surface area contributed by atoms with Crippen LogP contribution in [-0.2, 0) is 25.7 Å². The summed E-state index contributed by atoms with van der Waals surface area (Å²) in [7, 11) is 0. The van der Waals surface area contributed by atoms with Crippen molar-refractivity contribution in [2.24, 2.45) is 0 Å². The minimum Gasteiger partial charge on any atom is -0.475 e. The van der Waals surface area contributed by atoms with Crippen LogP contribution in [0.5, 0.6) is 11.5 Å². The van der Waals surface area contributed by atoms with Gasteiger partial charge in [-0.1, -0.05) is 68.9 Å². The molecule has 6 amide bonds. The number of halogens is 2. The number of hydrogen-bond acceptors (Lipinski definition) is 9. The Labute approximate surface area is 440 Å². The van der Waals surface area contributed by atoms with Gasteiger partial charge in [0.15, 0.2) is 11.2 Å². The predicted molar refractivity (Wildman–Crippen MR) is 281 cm³/mol. The number of anilines is 2. The molecule has 0 radical (unpaired) electrons. The molecule has 15 nitrogen and oxygen atoms in total. The lowest BCUT2D eigenvalue weighted by atomic mass is 9.77. The average Bonchev–Trinajstić information content (AvgIpc) is 3.38. The summed E-state index contributed by atoms with van der Waals surface area (Å²) < 4.78 is 43.1. The van der Waals surface area contributed by atoms with E-state index in [0.29, 0.717) is 59.7 Å². The zero-order chi connectivity index (χ0) is 53.6. The second kappa shape index (κ2) is 23.7. The monoisotopic (exact) mass is 1040 g/mol. The van der Waals surface area contributed by atoms with Gasteiger partial charge in [0.1, 0.15) is 18.1 Å². The average molecular weight is 1040 g/mol. The summed E-state index contributed by atoms with van der Waals surface area (Å²) in [6, 6.07) is 17.2. The Balaban J connectivity index is 0.000000201. The van der Waals surface area contributed by atoms with Crippen LogP contribution in [0.4, 0.5) is 25.0 Å². The molecule has 2 heterocycles. The number of nitrogens with zero attached hydrogens (tertiary/aromatic N) is 4. The van der Waals surface area contributed by atoms with Crippen molar-refractivity contribution >= 4 is 47.0 Å². The molecule has 0 atom stereocenters. The standard InChI is InChI=1S/C32H41N3O5.C26H35F2N3O4/c1-22(2)35(25-13-8-5-9-14-25)29(36)26-20-27-28(19-23(26)3)40-32(15-10-16-32)30(37)34(27)18-17-33-31(38)39-21-24-11-6-4-7-12-24;1-16(2)31(18-8-5-4-6-9-18)24(33)19-15-20-21(14-17(19)3)35-26(10-7-11-26)25(34)30(20)13-12-29-23(32)22(27)28/h4,6-7,11-12,19-20,22,25H,5,8-10,13-18,21H2,1-3H3,(H,33,38);14-16,18,22H,4-13H2,1-3H3,(H,29,32). The van der Waals surface area contributed by atoms with Crippen molar-refractivity contribution in [3.05, 3.63) is 82.4 Å². The maximum atomic E-state index is 14.0. The van der Waals surface area contributed by atoms with Gasteiger partial charge in [-0.3, -0.25) is 24.0 Å². The van der Waals surface area contributed by atoms with Crippen LogP contribution in [0.2, 0.25) is 0 Å². The number of ether oxygens (including phenoxy) is 3. The summed E-state index contributed by atoms with van der Waals surface area (Å²) in [6.07, 6.45) is 11.5. The predicted octanol–water partition coefficient (Wildman–Crippen LogP) is 9.96. The van der Waals surface area contributed by atoms with Gasteiger partial charge in [0.2, 0.25) is 0 Å². The number of fused-ring (bicyclic) bond motifs is 2. The number of carbonyl (C=O) groups excluding carboxylic acids is 6. The third kappa shape index (κ3) is 11.9. The highest BCUT2D eigenvalue weighted by atomic mass is 19.3. The van der Waals surface area contributed by atoms with Gasteiger partial charge in [0, 0.05) is 61.5 Å². The second-order valence-corrected chi connectivity index (χ2v) is 21.9. The quantitative estimate of drug-likeness (QED) is 0.151. The molecule has 4 saturated carbocycles. The van der Waals surface area contributed by atoms with E-state index in [-0.39, 0.29) is 80.6 Å². The van der Waals surface area contributed by atoms with Gasteiger partial charge in [0.05, 0.1) is 11.4 Å². The summed E-state index contributed by atoms with van der Waals surface area (Å²) in [6.45, 7) is 12.5. The first-order chi connectivity index (χ1) is 35.9. The highest BCUT2D eigenvalue weighted by Crippen LogP contribution is 2.49. The first-order valence-corrected chi connectivity index (χ1v) is 27.4. The molecule has 406 valence electrons. The van der Waals surface area contributed by atoms with E-state index in [4.69, 9.17) is 14.2 Å². The van der Waals surface area contributed by atoms with Gasteiger partial charge in [-0.15, -0.1) is 0 Å². The molecule has 75 heavy (non-hydrogen) atoms. The SMILES string of the molecule is Cc1cc2c(cc1C(=O)N(C(C)C)C1CCCCC1)N(CCNC(=O)C(F)F)C(=O)C1(CCC1)O2.Cc1cc2c(cc1C(=O)N(C(C)C)C1CCCCC1)N(CCNC(=O)OCc1ccccc1)C(=O)C1(CCC1)O2. The maximum absolute atomic E-state index is 14.0. The lowest BCUT2D eigenvalue weighted by Gasteiger charge is -2.47. The molecule has 4 fully saturated rings. The summed E-state index contributed by atoms with van der Waals surface area (Å²) in [4.78, 5) is 85.7. The number of amides is 6. The number of aryl methyl sites for hydroxylation is 2. The summed E-state index contributed by atoms with van der Waals surface area (Å²) >= 11 is 0. The van der Waals surface area contributed by atoms with E-state index in [1.54, 1.807) is 17.0 Å². The zero-order valence-corrected chi connectivity index (χ0v) is 44.7. The molecule has 2 spiro atoms. The van der Waals surface area contributed by atoms with E-state index >= 15 is 0 Å². The molecule has 9 rings (SSSR count). The van der Waals surface area contributed by atoms with E-state index < -0.39 is 29.6 Å². The molecule has 0 saturated heterocycles. The van der Waals surface area contributed by atoms with Crippen molar-refractivity contribution in [3.63, 3.8) is 0 Å². The van der Waals surface area contributed by atoms with Crippen molar-refractivity contribution in [1.82, 2.24) is 20.4 Å². The molecular formula is C58H76F2N6O9. The van der Waals surface area contributed by atoms with Crippen LogP contribution in [0.3, 0.4) is 0 Å². The Morgan fingerprint density at radius 3 is 1.45 bits per heavy atom. The van der Waals surface area contributed by atoms with Crippen LogP contribution in [0.15, 0.2) is 54.6 Å². The molecule has 0 aromatic heterocycles. The zero-order valence-electron chi connectivity index (χ0n) is 44.7. The van der Waals surface area contributed by atoms with Crippen molar-refractivity contribution in [2.75, 3.05) is 36.0 Å². The lowest BCUT2D eigenvalue weighted by molar-refractivity contribution is -0.143. The fourth-order valence-electron chi connectivity index (χ4n) is 11.7. The molecular weight excluding hydrogens is 963 g/mol. The van der Waals surface area contributed by atoms with Crippen molar-refractivity contribution < 1.29 is 51.8 Å². The molecule has 17 heteroatoms. The topological polar surface area (TPSA) is 167 Å². The number of alkyl halides is 2. The lowest BCUT2D eigenvalue weighted by Crippen LogP contribution is -2.61. The Morgan fingerprint density at radius 1 is 0.640 bits per heavy atom. The van der Waals surface area contributed by atoms with Gasteiger partial charge in [0.25, 0.3) is 29.5 Å². The summed E-state index contributed by atoms with van der Waals surface area (Å²) in [5.74, 6) is -0.681. The molecule has 2 aliphatic heterocycles. The van der Waals surface area contributed by atoms with Crippen LogP contribution < -0.4 is 29.9 Å². The number of alkyl carbamates (subject to hydrolysis) is 1. The van der Waals surface area contributed by atoms with Crippen molar-refractivity contribution in [3.8, 4) is 11.5 Å². The molecule has 3 aromatic carbocycles. The largest absolute Gasteiger partial charge is 0.475 e. The van der Waals surface area contributed by atoms with Crippen LogP contribution in [0, 0.1) is 13.8 Å². The smallest absolute Gasteiger partial charge is 0.407 e. The van der Waals surface area contributed by atoms with Crippen LogP contribution in [0.25, 0.3) is 0 Å². The van der Waals surface area contributed by atoms with Gasteiger partial charge in [-0.2, -0.15) is 8.78 Å². The highest BCUT2D eigenvalue weighted by molar-refractivity contribution is 6.07. The molecule has 0 unspecified atom stereocenters. The minimum absolute atomic E-state index is 0.00106. The van der Waals surface area contributed by atoms with Crippen molar-refractivity contribution in [1.29, 1.82) is 0 Å².